The van der Waals surface area contributed by atoms with Gasteiger partial charge in [-0.25, -0.2) is 0 Å². The summed E-state index contributed by atoms with van der Waals surface area (Å²) in [7, 11) is 0. The van der Waals surface area contributed by atoms with Gasteiger partial charge in [0.25, 0.3) is 0 Å². The average Bonchev–Trinajstić information content (AvgIpc) is 2.30. The van der Waals surface area contributed by atoms with E-state index in [0.29, 0.717) is 0 Å². The Morgan fingerprint density at radius 2 is 2.07 bits per heavy atom. The zero-order valence-corrected chi connectivity index (χ0v) is 9.11. The molecule has 1 saturated heterocycles. The van der Waals surface area contributed by atoms with Gasteiger partial charge in [0, 0.05) is 18.8 Å². The number of benzene rings is 1. The highest BCUT2D eigenvalue weighted by atomic mass is 15.1. The third-order valence-corrected chi connectivity index (χ3v) is 3.12. The number of hydrogen-bond acceptors (Lipinski definition) is 2. The van der Waals surface area contributed by atoms with Gasteiger partial charge in [-0.15, -0.1) is 0 Å². The molecule has 0 bridgehead atoms. The zero-order valence-electron chi connectivity index (χ0n) is 9.11. The highest BCUT2D eigenvalue weighted by Crippen LogP contribution is 2.23. The van der Waals surface area contributed by atoms with Gasteiger partial charge < -0.3 is 4.90 Å². The van der Waals surface area contributed by atoms with E-state index in [1.807, 2.05) is 18.2 Å². The van der Waals surface area contributed by atoms with Gasteiger partial charge in [-0.1, -0.05) is 13.0 Å². The SMILES string of the molecule is CC1CCN(c2cccc(C#N)c2)CC1. The smallest absolute Gasteiger partial charge is 0.0992 e. The Labute approximate surface area is 91.1 Å². The van der Waals surface area contributed by atoms with E-state index < -0.39 is 0 Å². The van der Waals surface area contributed by atoms with Crippen LogP contribution in [0.25, 0.3) is 0 Å². The molecule has 0 aromatic heterocycles. The molecular weight excluding hydrogens is 184 g/mol. The van der Waals surface area contributed by atoms with Gasteiger partial charge in [-0.2, -0.15) is 5.26 Å². The molecule has 0 spiro atoms. The quantitative estimate of drug-likeness (QED) is 0.697. The highest BCUT2D eigenvalue weighted by molar-refractivity contribution is 5.51. The van der Waals surface area contributed by atoms with Gasteiger partial charge in [0.05, 0.1) is 11.6 Å². The van der Waals surface area contributed by atoms with Crippen LogP contribution in [0.5, 0.6) is 0 Å². The number of anilines is 1. The molecule has 1 fully saturated rings. The molecule has 0 aliphatic carbocycles. The Bertz CT molecular complexity index is 370. The first-order valence-electron chi connectivity index (χ1n) is 5.54. The summed E-state index contributed by atoms with van der Waals surface area (Å²) in [6.45, 7) is 4.55. The van der Waals surface area contributed by atoms with Crippen LogP contribution in [0.4, 0.5) is 5.69 Å². The molecule has 0 unspecified atom stereocenters. The lowest BCUT2D eigenvalue weighted by Crippen LogP contribution is -2.32. The molecule has 1 aromatic rings. The van der Waals surface area contributed by atoms with Gasteiger partial charge >= 0.3 is 0 Å². The average molecular weight is 200 g/mol. The Hall–Kier alpha value is -1.49. The first kappa shape index (κ1) is 10.0. The van der Waals surface area contributed by atoms with Crippen LogP contribution in [0.3, 0.4) is 0 Å². The summed E-state index contributed by atoms with van der Waals surface area (Å²) < 4.78 is 0. The van der Waals surface area contributed by atoms with Crippen molar-refractivity contribution < 1.29 is 0 Å². The van der Waals surface area contributed by atoms with Gasteiger partial charge in [0.15, 0.2) is 0 Å². The maximum atomic E-state index is 8.83. The van der Waals surface area contributed by atoms with Crippen LogP contribution >= 0.6 is 0 Å². The van der Waals surface area contributed by atoms with E-state index in [1.54, 1.807) is 0 Å². The minimum Gasteiger partial charge on any atom is -0.371 e. The fourth-order valence-corrected chi connectivity index (χ4v) is 2.04. The van der Waals surface area contributed by atoms with Crippen molar-refractivity contribution in [3.05, 3.63) is 29.8 Å². The zero-order chi connectivity index (χ0) is 10.7. The normalized spacial score (nSPS) is 17.5. The van der Waals surface area contributed by atoms with Gasteiger partial charge in [0.2, 0.25) is 0 Å². The van der Waals surface area contributed by atoms with Crippen LogP contribution in [0.2, 0.25) is 0 Å². The van der Waals surface area contributed by atoms with Crippen LogP contribution in [0.15, 0.2) is 24.3 Å². The Balaban J connectivity index is 2.12. The molecule has 0 radical (unpaired) electrons. The summed E-state index contributed by atoms with van der Waals surface area (Å²) in [4.78, 5) is 2.38. The maximum absolute atomic E-state index is 8.83. The van der Waals surface area contributed by atoms with Crippen LogP contribution in [-0.2, 0) is 0 Å². The molecule has 1 aliphatic rings. The second-order valence-corrected chi connectivity index (χ2v) is 4.33. The third-order valence-electron chi connectivity index (χ3n) is 3.12. The first-order chi connectivity index (χ1) is 7.29. The van der Waals surface area contributed by atoms with E-state index >= 15 is 0 Å². The summed E-state index contributed by atoms with van der Waals surface area (Å²) >= 11 is 0. The van der Waals surface area contributed by atoms with Crippen LogP contribution in [-0.4, -0.2) is 13.1 Å². The van der Waals surface area contributed by atoms with E-state index in [2.05, 4.69) is 24.0 Å². The second-order valence-electron chi connectivity index (χ2n) is 4.33. The summed E-state index contributed by atoms with van der Waals surface area (Å²) in [5, 5.41) is 8.83. The second kappa shape index (κ2) is 4.35. The van der Waals surface area contributed by atoms with Crippen molar-refractivity contribution in [2.45, 2.75) is 19.8 Å². The fraction of sp³-hybridized carbons (Fsp3) is 0.462. The van der Waals surface area contributed by atoms with Crippen molar-refractivity contribution in [2.24, 2.45) is 5.92 Å². The van der Waals surface area contributed by atoms with Crippen molar-refractivity contribution >= 4 is 5.69 Å². The van der Waals surface area contributed by atoms with E-state index in [1.165, 1.54) is 18.5 Å². The van der Waals surface area contributed by atoms with E-state index in [9.17, 15) is 0 Å². The fourth-order valence-electron chi connectivity index (χ4n) is 2.04. The summed E-state index contributed by atoms with van der Waals surface area (Å²) in [6.07, 6.45) is 2.52. The number of rotatable bonds is 1. The molecule has 2 rings (SSSR count). The number of piperidine rings is 1. The Morgan fingerprint density at radius 3 is 2.73 bits per heavy atom. The molecule has 1 aliphatic heterocycles. The molecule has 0 saturated carbocycles. The van der Waals surface area contributed by atoms with Crippen molar-refractivity contribution in [1.82, 2.24) is 0 Å². The van der Waals surface area contributed by atoms with E-state index in [-0.39, 0.29) is 0 Å². The molecule has 2 nitrogen and oxygen atoms in total. The van der Waals surface area contributed by atoms with Gasteiger partial charge in [-0.05, 0) is 37.0 Å². The molecule has 78 valence electrons. The Morgan fingerprint density at radius 1 is 1.33 bits per heavy atom. The standard InChI is InChI=1S/C13H16N2/c1-11-5-7-15(8-6-11)13-4-2-3-12(9-13)10-14/h2-4,9,11H,5-8H2,1H3. The molecule has 0 atom stereocenters. The molecular formula is C13H16N2. The van der Waals surface area contributed by atoms with Crippen LogP contribution in [0.1, 0.15) is 25.3 Å². The largest absolute Gasteiger partial charge is 0.371 e. The van der Waals surface area contributed by atoms with Crippen LogP contribution in [0, 0.1) is 17.2 Å². The molecule has 0 N–H and O–H groups in total. The third kappa shape index (κ3) is 2.30. The van der Waals surface area contributed by atoms with Crippen molar-refractivity contribution in [2.75, 3.05) is 18.0 Å². The highest BCUT2D eigenvalue weighted by Gasteiger charge is 2.15. The number of nitriles is 1. The van der Waals surface area contributed by atoms with E-state index in [4.69, 9.17) is 5.26 Å². The summed E-state index contributed by atoms with van der Waals surface area (Å²) in [5.74, 6) is 0.848. The number of hydrogen-bond donors (Lipinski definition) is 0. The topological polar surface area (TPSA) is 27.0 Å². The van der Waals surface area contributed by atoms with Crippen LogP contribution < -0.4 is 4.90 Å². The minimum atomic E-state index is 0.756. The predicted octanol–water partition coefficient (Wildman–Crippen LogP) is 2.79. The molecule has 2 heteroatoms. The van der Waals surface area contributed by atoms with Crippen molar-refractivity contribution in [3.63, 3.8) is 0 Å². The maximum Gasteiger partial charge on any atom is 0.0992 e. The minimum absolute atomic E-state index is 0.756. The lowest BCUT2D eigenvalue weighted by Gasteiger charge is -2.32. The van der Waals surface area contributed by atoms with Crippen molar-refractivity contribution in [3.8, 4) is 6.07 Å². The lowest BCUT2D eigenvalue weighted by atomic mass is 9.98. The Kier molecular flexibility index (Phi) is 2.91. The summed E-state index contributed by atoms with van der Waals surface area (Å²) in [6, 6.07) is 10.1. The van der Waals surface area contributed by atoms with Gasteiger partial charge in [-0.3, -0.25) is 0 Å². The van der Waals surface area contributed by atoms with Crippen molar-refractivity contribution in [1.29, 1.82) is 5.26 Å². The predicted molar refractivity (Wildman–Crippen MR) is 61.8 cm³/mol. The van der Waals surface area contributed by atoms with E-state index in [0.717, 1.165) is 24.6 Å². The summed E-state index contributed by atoms with van der Waals surface area (Å²) in [5.41, 5.74) is 1.95. The first-order valence-corrected chi connectivity index (χ1v) is 5.54. The number of nitrogens with zero attached hydrogens (tertiary/aromatic N) is 2. The molecule has 1 aromatic carbocycles. The lowest BCUT2D eigenvalue weighted by molar-refractivity contribution is 0.438. The molecule has 15 heavy (non-hydrogen) atoms. The molecule has 1 heterocycles. The molecule has 0 amide bonds. The monoisotopic (exact) mass is 200 g/mol. The van der Waals surface area contributed by atoms with Gasteiger partial charge in [0.1, 0.15) is 0 Å².